The van der Waals surface area contributed by atoms with Crippen LogP contribution in [-0.4, -0.2) is 40.3 Å². The quantitative estimate of drug-likeness (QED) is 0.635. The highest BCUT2D eigenvalue weighted by molar-refractivity contribution is 7.92. The van der Waals surface area contributed by atoms with Gasteiger partial charge >= 0.3 is 0 Å². The zero-order chi connectivity index (χ0) is 21.6. The molecule has 0 fully saturated rings. The predicted octanol–water partition coefficient (Wildman–Crippen LogP) is 3.22. The zero-order valence-electron chi connectivity index (χ0n) is 17.7. The van der Waals surface area contributed by atoms with E-state index >= 15 is 0 Å². The molecule has 0 spiro atoms. The average Bonchev–Trinajstić information content (AvgIpc) is 2.67. The number of anilines is 1. The van der Waals surface area contributed by atoms with Gasteiger partial charge < -0.3 is 10.1 Å². The first-order valence-corrected chi connectivity index (χ1v) is 11.5. The van der Waals surface area contributed by atoms with E-state index in [4.69, 9.17) is 4.74 Å². The van der Waals surface area contributed by atoms with Crippen molar-refractivity contribution in [2.45, 2.75) is 39.7 Å². The number of amides is 1. The Balaban J connectivity index is 1.98. The average molecular weight is 419 g/mol. The monoisotopic (exact) mass is 418 g/mol. The molecule has 0 aliphatic heterocycles. The molecule has 0 bridgehead atoms. The van der Waals surface area contributed by atoms with Gasteiger partial charge in [-0.25, -0.2) is 8.42 Å². The van der Waals surface area contributed by atoms with Gasteiger partial charge in [-0.1, -0.05) is 18.2 Å². The van der Waals surface area contributed by atoms with Gasteiger partial charge in [0.2, 0.25) is 15.9 Å². The molecule has 1 atom stereocenters. The third-order valence-corrected chi connectivity index (χ3v) is 6.18. The Bertz CT molecular complexity index is 940. The third kappa shape index (κ3) is 6.22. The number of hydrogen-bond donors (Lipinski definition) is 1. The summed E-state index contributed by atoms with van der Waals surface area (Å²) in [5.74, 6) is 0.492. The molecule has 0 aliphatic rings. The molecule has 7 heteroatoms. The van der Waals surface area contributed by atoms with Gasteiger partial charge in [0.15, 0.2) is 0 Å². The minimum atomic E-state index is -3.61. The highest BCUT2D eigenvalue weighted by Crippen LogP contribution is 2.23. The van der Waals surface area contributed by atoms with Gasteiger partial charge in [-0.15, -0.1) is 0 Å². The van der Waals surface area contributed by atoms with Crippen LogP contribution < -0.4 is 14.4 Å². The molecule has 0 heterocycles. The zero-order valence-corrected chi connectivity index (χ0v) is 18.5. The van der Waals surface area contributed by atoms with Gasteiger partial charge in [-0.3, -0.25) is 9.10 Å². The second kappa shape index (κ2) is 9.78. The van der Waals surface area contributed by atoms with Gasteiger partial charge in [0.25, 0.3) is 0 Å². The van der Waals surface area contributed by atoms with Gasteiger partial charge in [-0.2, -0.15) is 0 Å². The SMILES string of the molecule is COc1ccc(CCCNC(=O)C(C)N(c2ccc(C)c(C)c2)S(C)(=O)=O)cc1. The van der Waals surface area contributed by atoms with Crippen LogP contribution in [-0.2, 0) is 21.2 Å². The maximum absolute atomic E-state index is 12.6. The number of carbonyl (C=O) groups is 1. The Morgan fingerprint density at radius 3 is 2.31 bits per heavy atom. The molecule has 1 amide bonds. The van der Waals surface area contributed by atoms with Crippen molar-refractivity contribution in [1.29, 1.82) is 0 Å². The number of benzene rings is 2. The molecular formula is C22H30N2O4S. The first-order chi connectivity index (χ1) is 13.6. The van der Waals surface area contributed by atoms with Crippen molar-refractivity contribution in [2.75, 3.05) is 24.2 Å². The number of sulfonamides is 1. The molecule has 0 saturated carbocycles. The Morgan fingerprint density at radius 1 is 1.10 bits per heavy atom. The van der Waals surface area contributed by atoms with E-state index < -0.39 is 16.1 Å². The number of hydrogen-bond acceptors (Lipinski definition) is 4. The highest BCUT2D eigenvalue weighted by Gasteiger charge is 2.29. The summed E-state index contributed by atoms with van der Waals surface area (Å²) < 4.78 is 31.1. The second-order valence-electron chi connectivity index (χ2n) is 7.25. The number of nitrogens with one attached hydrogen (secondary N) is 1. The second-order valence-corrected chi connectivity index (χ2v) is 9.11. The van der Waals surface area contributed by atoms with Gasteiger partial charge in [-0.05, 0) is 74.6 Å². The first-order valence-electron chi connectivity index (χ1n) is 9.60. The number of nitrogens with zero attached hydrogens (tertiary/aromatic N) is 1. The lowest BCUT2D eigenvalue weighted by molar-refractivity contribution is -0.121. The fourth-order valence-corrected chi connectivity index (χ4v) is 4.28. The third-order valence-electron chi connectivity index (χ3n) is 4.93. The van der Waals surface area contributed by atoms with Crippen molar-refractivity contribution in [3.8, 4) is 5.75 Å². The molecular weight excluding hydrogens is 388 g/mol. The smallest absolute Gasteiger partial charge is 0.243 e. The van der Waals surface area contributed by atoms with Crippen LogP contribution in [0.2, 0.25) is 0 Å². The number of ether oxygens (including phenoxy) is 1. The van der Waals surface area contributed by atoms with Crippen molar-refractivity contribution in [3.63, 3.8) is 0 Å². The standard InChI is InChI=1S/C22H30N2O4S/c1-16-8-11-20(15-17(16)2)24(29(5,26)27)18(3)22(25)23-14-6-7-19-9-12-21(28-4)13-10-19/h8-13,15,18H,6-7,14H2,1-5H3,(H,23,25). The van der Waals surface area contributed by atoms with Crippen LogP contribution in [0, 0.1) is 13.8 Å². The van der Waals surface area contributed by atoms with Crippen molar-refractivity contribution in [2.24, 2.45) is 0 Å². The summed E-state index contributed by atoms with van der Waals surface area (Å²) in [7, 11) is -1.98. The van der Waals surface area contributed by atoms with E-state index in [-0.39, 0.29) is 5.91 Å². The maximum Gasteiger partial charge on any atom is 0.243 e. The van der Waals surface area contributed by atoms with Crippen LogP contribution in [0.4, 0.5) is 5.69 Å². The summed E-state index contributed by atoms with van der Waals surface area (Å²) in [5, 5.41) is 2.85. The van der Waals surface area contributed by atoms with Crippen LogP contribution in [0.1, 0.15) is 30.0 Å². The predicted molar refractivity (Wildman–Crippen MR) is 117 cm³/mol. The lowest BCUT2D eigenvalue weighted by atomic mass is 10.1. The summed E-state index contributed by atoms with van der Waals surface area (Å²) in [6, 6.07) is 12.4. The van der Waals surface area contributed by atoms with Crippen LogP contribution in [0.5, 0.6) is 5.75 Å². The molecule has 2 aromatic rings. The minimum absolute atomic E-state index is 0.316. The summed E-state index contributed by atoms with van der Waals surface area (Å²) in [5.41, 5.74) is 3.69. The van der Waals surface area contributed by atoms with Crippen LogP contribution in [0.15, 0.2) is 42.5 Å². The molecule has 2 rings (SSSR count). The van der Waals surface area contributed by atoms with Gasteiger partial charge in [0.1, 0.15) is 11.8 Å². The number of carbonyl (C=O) groups excluding carboxylic acids is 1. The molecule has 158 valence electrons. The van der Waals surface area contributed by atoms with E-state index in [0.29, 0.717) is 12.2 Å². The van der Waals surface area contributed by atoms with Crippen molar-refractivity contribution in [3.05, 3.63) is 59.2 Å². The topological polar surface area (TPSA) is 75.7 Å². The van der Waals surface area contributed by atoms with E-state index in [1.165, 1.54) is 4.31 Å². The fraction of sp³-hybridized carbons (Fsp3) is 0.409. The molecule has 2 aromatic carbocycles. The number of methoxy groups -OCH3 is 1. The fourth-order valence-electron chi connectivity index (χ4n) is 3.12. The van der Waals surface area contributed by atoms with Gasteiger partial charge in [0.05, 0.1) is 19.1 Å². The maximum atomic E-state index is 12.6. The van der Waals surface area contributed by atoms with Crippen LogP contribution in [0.3, 0.4) is 0 Å². The number of rotatable bonds is 9. The summed E-state index contributed by atoms with van der Waals surface area (Å²) in [6.07, 6.45) is 2.69. The van der Waals surface area contributed by atoms with Crippen molar-refractivity contribution < 1.29 is 17.9 Å². The molecule has 0 aromatic heterocycles. The lowest BCUT2D eigenvalue weighted by Gasteiger charge is -2.28. The summed E-state index contributed by atoms with van der Waals surface area (Å²) in [6.45, 7) is 5.96. The van der Waals surface area contributed by atoms with Crippen molar-refractivity contribution in [1.82, 2.24) is 5.32 Å². The van der Waals surface area contributed by atoms with E-state index in [2.05, 4.69) is 5.32 Å². The summed E-state index contributed by atoms with van der Waals surface area (Å²) >= 11 is 0. The molecule has 1 N–H and O–H groups in total. The Labute approximate surface area is 173 Å². The van der Waals surface area contributed by atoms with E-state index in [1.807, 2.05) is 44.2 Å². The summed E-state index contributed by atoms with van der Waals surface area (Å²) in [4.78, 5) is 12.6. The van der Waals surface area contributed by atoms with Crippen molar-refractivity contribution >= 4 is 21.6 Å². The molecule has 0 saturated heterocycles. The van der Waals surface area contributed by atoms with E-state index in [0.717, 1.165) is 41.5 Å². The number of aryl methyl sites for hydroxylation is 3. The highest BCUT2D eigenvalue weighted by atomic mass is 32.2. The Morgan fingerprint density at radius 2 is 1.76 bits per heavy atom. The Kier molecular flexibility index (Phi) is 7.67. The van der Waals surface area contributed by atoms with E-state index in [1.54, 1.807) is 26.2 Å². The lowest BCUT2D eigenvalue weighted by Crippen LogP contribution is -2.48. The molecule has 0 aliphatic carbocycles. The normalized spacial score (nSPS) is 12.3. The van der Waals surface area contributed by atoms with Crippen LogP contribution in [0.25, 0.3) is 0 Å². The molecule has 29 heavy (non-hydrogen) atoms. The largest absolute Gasteiger partial charge is 0.497 e. The van der Waals surface area contributed by atoms with Crippen LogP contribution >= 0.6 is 0 Å². The Hall–Kier alpha value is -2.54. The molecule has 6 nitrogen and oxygen atoms in total. The van der Waals surface area contributed by atoms with Gasteiger partial charge in [0, 0.05) is 6.54 Å². The van der Waals surface area contributed by atoms with E-state index in [9.17, 15) is 13.2 Å². The molecule has 1 unspecified atom stereocenters. The molecule has 0 radical (unpaired) electrons. The first kappa shape index (κ1) is 22.7. The minimum Gasteiger partial charge on any atom is -0.497 e.